The summed E-state index contributed by atoms with van der Waals surface area (Å²) in [7, 11) is 4.09. The number of aromatic nitrogens is 2. The molecule has 0 fully saturated rings. The topological polar surface area (TPSA) is 7.76 Å². The van der Waals surface area contributed by atoms with E-state index in [1.54, 1.807) is 0 Å². The lowest BCUT2D eigenvalue weighted by Crippen LogP contribution is -2.26. The Bertz CT molecular complexity index is 1140. The first-order valence-electron chi connectivity index (χ1n) is 10.2. The van der Waals surface area contributed by atoms with Gasteiger partial charge < -0.3 is 0 Å². The minimum absolute atomic E-state index is 0.503. The Morgan fingerprint density at radius 2 is 1.28 bits per heavy atom. The molecule has 0 saturated heterocycles. The Morgan fingerprint density at radius 1 is 0.690 bits per heavy atom. The van der Waals surface area contributed by atoms with Crippen LogP contribution in [0.4, 0.5) is 0 Å². The van der Waals surface area contributed by atoms with Gasteiger partial charge in [-0.05, 0) is 51.4 Å². The van der Waals surface area contributed by atoms with Crippen molar-refractivity contribution in [3.05, 3.63) is 108 Å². The Kier molecular flexibility index (Phi) is 5.53. The zero-order valence-corrected chi connectivity index (χ0v) is 17.4. The van der Waals surface area contributed by atoms with Gasteiger partial charge in [-0.2, -0.15) is 0 Å². The molecule has 2 heteroatoms. The molecule has 0 N–H and O–H groups in total. The van der Waals surface area contributed by atoms with E-state index in [1.807, 2.05) is 11.6 Å². The number of aryl methyl sites for hydroxylation is 2. The maximum atomic E-state index is 2.33. The molecule has 1 atom stereocenters. The van der Waals surface area contributed by atoms with Crippen molar-refractivity contribution in [1.82, 2.24) is 0 Å². The number of fused-ring (bicyclic) bond motifs is 1. The van der Waals surface area contributed by atoms with Crippen LogP contribution in [-0.4, -0.2) is 0 Å². The van der Waals surface area contributed by atoms with Crippen molar-refractivity contribution in [3.8, 4) is 0 Å². The first-order chi connectivity index (χ1) is 14.1. The second kappa shape index (κ2) is 8.40. The third kappa shape index (κ3) is 4.78. The molecule has 2 aromatic heterocycles. The van der Waals surface area contributed by atoms with E-state index in [-0.39, 0.29) is 0 Å². The number of hydrogen-bond acceptors (Lipinski definition) is 0. The van der Waals surface area contributed by atoms with Gasteiger partial charge in [0.05, 0.1) is 0 Å². The molecular weight excluding hydrogens is 352 g/mol. The molecule has 4 rings (SSSR count). The van der Waals surface area contributed by atoms with Gasteiger partial charge in [-0.1, -0.05) is 49.4 Å². The Hall–Kier alpha value is -3.26. The lowest BCUT2D eigenvalue weighted by molar-refractivity contribution is -0.671. The summed E-state index contributed by atoms with van der Waals surface area (Å²) in [5.74, 6) is 0.503. The van der Waals surface area contributed by atoms with Crippen LogP contribution < -0.4 is 9.13 Å². The van der Waals surface area contributed by atoms with Crippen LogP contribution in [-0.2, 0) is 20.5 Å². The molecule has 0 saturated carbocycles. The highest BCUT2D eigenvalue weighted by molar-refractivity contribution is 5.86. The summed E-state index contributed by atoms with van der Waals surface area (Å²) >= 11 is 0. The van der Waals surface area contributed by atoms with E-state index in [2.05, 4.69) is 116 Å². The van der Waals surface area contributed by atoms with E-state index < -0.39 is 0 Å². The molecule has 0 amide bonds. The van der Waals surface area contributed by atoms with Crippen molar-refractivity contribution >= 4 is 22.9 Å². The fourth-order valence-electron chi connectivity index (χ4n) is 3.67. The fraction of sp³-hybridized carbons (Fsp3) is 0.185. The number of nitrogens with zero attached hydrogens (tertiary/aromatic N) is 2. The average molecular weight is 381 g/mol. The largest absolute Gasteiger partial charge is 0.208 e. The molecule has 0 aliphatic heterocycles. The van der Waals surface area contributed by atoms with E-state index in [1.165, 1.54) is 33.0 Å². The highest BCUT2D eigenvalue weighted by atomic mass is 14.9. The predicted molar refractivity (Wildman–Crippen MR) is 120 cm³/mol. The molecule has 0 spiro atoms. The number of benzene rings is 2. The maximum absolute atomic E-state index is 2.33. The van der Waals surface area contributed by atoms with E-state index in [0.717, 1.165) is 6.42 Å². The van der Waals surface area contributed by atoms with Crippen LogP contribution in [0.1, 0.15) is 35.1 Å². The van der Waals surface area contributed by atoms with E-state index in [0.29, 0.717) is 5.92 Å². The highest BCUT2D eigenvalue weighted by Crippen LogP contribution is 2.24. The highest BCUT2D eigenvalue weighted by Gasteiger charge is 2.09. The molecule has 0 aliphatic rings. The zero-order chi connectivity index (χ0) is 20.2. The van der Waals surface area contributed by atoms with Gasteiger partial charge in [-0.3, -0.25) is 0 Å². The van der Waals surface area contributed by atoms with Gasteiger partial charge in [-0.15, -0.1) is 0 Å². The normalized spacial score (nSPS) is 12.5. The molecule has 1 unspecified atom stereocenters. The molecular formula is C27H28N2+2. The van der Waals surface area contributed by atoms with Crippen LogP contribution in [0.15, 0.2) is 85.5 Å². The van der Waals surface area contributed by atoms with Crippen molar-refractivity contribution in [2.24, 2.45) is 14.1 Å². The summed E-state index contributed by atoms with van der Waals surface area (Å²) in [5, 5.41) is 2.59. The lowest BCUT2D eigenvalue weighted by Gasteiger charge is -2.12. The van der Waals surface area contributed by atoms with Gasteiger partial charge in [0.25, 0.3) is 0 Å². The van der Waals surface area contributed by atoms with Gasteiger partial charge in [-0.25, -0.2) is 9.13 Å². The van der Waals surface area contributed by atoms with E-state index >= 15 is 0 Å². The number of hydrogen-bond donors (Lipinski definition) is 0. The van der Waals surface area contributed by atoms with Crippen LogP contribution >= 0.6 is 0 Å². The third-order valence-electron chi connectivity index (χ3n) is 5.52. The molecule has 0 aliphatic carbocycles. The first kappa shape index (κ1) is 19.1. The van der Waals surface area contributed by atoms with Gasteiger partial charge in [0.2, 0.25) is 0 Å². The Labute approximate surface area is 173 Å². The van der Waals surface area contributed by atoms with Crippen molar-refractivity contribution in [2.45, 2.75) is 19.3 Å². The average Bonchev–Trinajstić information content (AvgIpc) is 2.73. The molecule has 144 valence electrons. The summed E-state index contributed by atoms with van der Waals surface area (Å²) in [5.41, 5.74) is 5.21. The summed E-state index contributed by atoms with van der Waals surface area (Å²) in [4.78, 5) is 0. The summed E-state index contributed by atoms with van der Waals surface area (Å²) in [6.45, 7) is 2.30. The van der Waals surface area contributed by atoms with Crippen molar-refractivity contribution in [3.63, 3.8) is 0 Å². The lowest BCUT2D eigenvalue weighted by atomic mass is 9.93. The van der Waals surface area contributed by atoms with Gasteiger partial charge in [0.15, 0.2) is 24.8 Å². The van der Waals surface area contributed by atoms with Gasteiger partial charge in [0, 0.05) is 24.3 Å². The molecule has 29 heavy (non-hydrogen) atoms. The summed E-state index contributed by atoms with van der Waals surface area (Å²) in [6, 6.07) is 22.2. The molecule has 0 radical (unpaired) electrons. The predicted octanol–water partition coefficient (Wildman–Crippen LogP) is 5.01. The van der Waals surface area contributed by atoms with E-state index in [4.69, 9.17) is 0 Å². The zero-order valence-electron chi connectivity index (χ0n) is 17.4. The van der Waals surface area contributed by atoms with E-state index in [9.17, 15) is 0 Å². The molecule has 2 heterocycles. The Balaban J connectivity index is 1.50. The minimum atomic E-state index is 0.503. The smallest absolute Gasteiger partial charge is 0.169 e. The molecule has 2 nitrogen and oxygen atoms in total. The number of rotatable bonds is 5. The van der Waals surface area contributed by atoms with Crippen LogP contribution in [0.25, 0.3) is 22.9 Å². The Morgan fingerprint density at radius 3 is 2.00 bits per heavy atom. The quantitative estimate of drug-likeness (QED) is 0.430. The first-order valence-corrected chi connectivity index (χ1v) is 10.2. The monoisotopic (exact) mass is 380 g/mol. The second-order valence-corrected chi connectivity index (χ2v) is 7.97. The van der Waals surface area contributed by atoms with Gasteiger partial charge >= 0.3 is 0 Å². The van der Waals surface area contributed by atoms with Crippen LogP contribution in [0, 0.1) is 0 Å². The molecule has 4 aromatic rings. The van der Waals surface area contributed by atoms with Crippen molar-refractivity contribution in [2.75, 3.05) is 0 Å². The van der Waals surface area contributed by atoms with Crippen LogP contribution in [0.5, 0.6) is 0 Å². The maximum Gasteiger partial charge on any atom is 0.169 e. The summed E-state index contributed by atoms with van der Waals surface area (Å²) in [6.07, 6.45) is 13.8. The SMILES string of the molecule is CC(Cc1ccc2cc(/C=C/c3cc[n+](C)cc3)ccc2c1)c1cc[n+](C)cc1. The molecule has 2 aromatic carbocycles. The fourth-order valence-corrected chi connectivity index (χ4v) is 3.67. The van der Waals surface area contributed by atoms with Crippen molar-refractivity contribution < 1.29 is 9.13 Å². The van der Waals surface area contributed by atoms with Crippen LogP contribution in [0.3, 0.4) is 0 Å². The minimum Gasteiger partial charge on any atom is -0.208 e. The standard InChI is InChI=1S/C27H28N2/c1-21(25-12-16-29(3)17-13-25)18-24-7-9-26-19-23(6-8-27(26)20-24)5-4-22-10-14-28(2)15-11-22/h4-17,19-21H,18H2,1-3H3/q+2/b5-4+. The van der Waals surface area contributed by atoms with Crippen molar-refractivity contribution in [1.29, 1.82) is 0 Å². The van der Waals surface area contributed by atoms with Crippen LogP contribution in [0.2, 0.25) is 0 Å². The number of pyridine rings is 2. The second-order valence-electron chi connectivity index (χ2n) is 7.97. The third-order valence-corrected chi connectivity index (χ3v) is 5.52. The molecule has 0 bridgehead atoms. The summed E-state index contributed by atoms with van der Waals surface area (Å²) < 4.78 is 4.12. The van der Waals surface area contributed by atoms with Gasteiger partial charge in [0.1, 0.15) is 14.1 Å².